The summed E-state index contributed by atoms with van der Waals surface area (Å²) in [5.74, 6) is 0.183. The molecule has 2 aromatic carbocycles. The van der Waals surface area contributed by atoms with Crippen LogP contribution in [0.4, 0.5) is 5.69 Å². The van der Waals surface area contributed by atoms with Crippen LogP contribution in [0.3, 0.4) is 0 Å². The van der Waals surface area contributed by atoms with Gasteiger partial charge in [-0.15, -0.1) is 0 Å². The number of carbonyl (C=O) groups excluding carboxylic acids is 1. The van der Waals surface area contributed by atoms with E-state index in [1.807, 2.05) is 0 Å². The molecule has 0 saturated carbocycles. The summed E-state index contributed by atoms with van der Waals surface area (Å²) >= 11 is 5.98. The highest BCUT2D eigenvalue weighted by molar-refractivity contribution is 6.32. The number of hydrogen-bond acceptors (Lipinski definition) is 4. The van der Waals surface area contributed by atoms with Crippen LogP contribution in [0.15, 0.2) is 48.5 Å². The van der Waals surface area contributed by atoms with E-state index in [0.717, 1.165) is 0 Å². The normalized spacial score (nSPS) is 10.6. The Hall–Kier alpha value is -2.66. The first kappa shape index (κ1) is 15.7. The number of carbonyl (C=O) groups is 1. The maximum absolute atomic E-state index is 12.2. The van der Waals surface area contributed by atoms with Crippen molar-refractivity contribution in [3.8, 4) is 5.75 Å². The molecule has 0 heterocycles. The fourth-order valence-electron chi connectivity index (χ4n) is 1.88. The summed E-state index contributed by atoms with van der Waals surface area (Å²) < 4.78 is 5.12. The molecular weight excluding hydrogens is 306 g/mol. The molecule has 0 fully saturated rings. The molecule has 5 nitrogen and oxygen atoms in total. The molecule has 2 rings (SSSR count). The van der Waals surface area contributed by atoms with Crippen LogP contribution in [0.1, 0.15) is 15.9 Å². The van der Waals surface area contributed by atoms with Crippen LogP contribution in [0, 0.1) is 10.1 Å². The van der Waals surface area contributed by atoms with Gasteiger partial charge in [-0.05, 0) is 35.9 Å². The van der Waals surface area contributed by atoms with Crippen molar-refractivity contribution < 1.29 is 14.5 Å². The van der Waals surface area contributed by atoms with E-state index in [0.29, 0.717) is 21.9 Å². The number of nitrogens with zero attached hydrogens (tertiary/aromatic N) is 1. The second-order valence-corrected chi connectivity index (χ2v) is 4.77. The molecule has 0 saturated heterocycles. The third-order valence-electron chi connectivity index (χ3n) is 2.98. The summed E-state index contributed by atoms with van der Waals surface area (Å²) in [6, 6.07) is 10.9. The summed E-state index contributed by atoms with van der Waals surface area (Å²) in [7, 11) is 1.48. The summed E-state index contributed by atoms with van der Waals surface area (Å²) in [5, 5.41) is 11.1. The van der Waals surface area contributed by atoms with Crippen molar-refractivity contribution in [2.45, 2.75) is 0 Å². The van der Waals surface area contributed by atoms with Crippen molar-refractivity contribution in [2.75, 3.05) is 7.11 Å². The van der Waals surface area contributed by atoms with E-state index in [1.165, 1.54) is 37.5 Å². The molecule has 0 radical (unpaired) electrons. The Morgan fingerprint density at radius 2 is 2.00 bits per heavy atom. The highest BCUT2D eigenvalue weighted by Crippen LogP contribution is 2.24. The lowest BCUT2D eigenvalue weighted by Gasteiger charge is -2.04. The molecule has 0 unspecified atom stereocenters. The van der Waals surface area contributed by atoms with Crippen LogP contribution in [0.25, 0.3) is 6.08 Å². The Bertz CT molecular complexity index is 756. The predicted molar refractivity (Wildman–Crippen MR) is 84.5 cm³/mol. The molecule has 0 aliphatic carbocycles. The van der Waals surface area contributed by atoms with E-state index < -0.39 is 4.92 Å². The van der Waals surface area contributed by atoms with Gasteiger partial charge in [-0.3, -0.25) is 14.9 Å². The Balaban J connectivity index is 2.30. The molecular formula is C16H12ClNO4. The number of nitro benzene ring substituents is 1. The van der Waals surface area contributed by atoms with Crippen LogP contribution in [-0.4, -0.2) is 17.8 Å². The van der Waals surface area contributed by atoms with Gasteiger partial charge in [0.15, 0.2) is 5.78 Å². The van der Waals surface area contributed by atoms with E-state index >= 15 is 0 Å². The maximum Gasteiger partial charge on any atom is 0.270 e. The second kappa shape index (κ2) is 6.87. The Morgan fingerprint density at radius 1 is 1.27 bits per heavy atom. The number of ketones is 1. The minimum atomic E-state index is -0.518. The lowest BCUT2D eigenvalue weighted by atomic mass is 10.1. The van der Waals surface area contributed by atoms with Crippen molar-refractivity contribution >= 4 is 29.1 Å². The third kappa shape index (κ3) is 3.51. The smallest absolute Gasteiger partial charge is 0.270 e. The highest BCUT2D eigenvalue weighted by atomic mass is 35.5. The van der Waals surface area contributed by atoms with Gasteiger partial charge in [0, 0.05) is 17.2 Å². The number of ether oxygens (including phenoxy) is 1. The number of hydrogen-bond donors (Lipinski definition) is 0. The average Bonchev–Trinajstić information content (AvgIpc) is 2.53. The summed E-state index contributed by atoms with van der Waals surface area (Å²) in [6.45, 7) is 0. The van der Waals surface area contributed by atoms with E-state index in [1.54, 1.807) is 24.3 Å². The van der Waals surface area contributed by atoms with E-state index in [9.17, 15) is 14.9 Å². The van der Waals surface area contributed by atoms with Crippen molar-refractivity contribution in [3.05, 3.63) is 74.8 Å². The van der Waals surface area contributed by atoms with Crippen LogP contribution < -0.4 is 4.74 Å². The zero-order valence-electron chi connectivity index (χ0n) is 11.7. The van der Waals surface area contributed by atoms with Gasteiger partial charge >= 0.3 is 0 Å². The number of rotatable bonds is 5. The van der Waals surface area contributed by atoms with Gasteiger partial charge in [-0.25, -0.2) is 0 Å². The van der Waals surface area contributed by atoms with Gasteiger partial charge in [-0.1, -0.05) is 23.7 Å². The SMILES string of the molecule is COc1ccccc1C(=O)/C=C/c1cc([N+](=O)[O-])ccc1Cl. The van der Waals surface area contributed by atoms with Gasteiger partial charge in [0.05, 0.1) is 17.6 Å². The minimum absolute atomic E-state index is 0.0891. The number of non-ortho nitro benzene ring substituents is 1. The molecule has 0 N–H and O–H groups in total. The molecule has 0 atom stereocenters. The zero-order valence-corrected chi connectivity index (χ0v) is 12.4. The fraction of sp³-hybridized carbons (Fsp3) is 0.0625. The van der Waals surface area contributed by atoms with Crippen LogP contribution in [-0.2, 0) is 0 Å². The average molecular weight is 318 g/mol. The maximum atomic E-state index is 12.2. The number of benzene rings is 2. The van der Waals surface area contributed by atoms with Crippen LogP contribution >= 0.6 is 11.6 Å². The monoisotopic (exact) mass is 317 g/mol. The molecule has 0 bridgehead atoms. The Morgan fingerprint density at radius 3 is 2.68 bits per heavy atom. The first-order valence-electron chi connectivity index (χ1n) is 6.32. The Labute approximate surface area is 131 Å². The number of nitro groups is 1. The Kier molecular flexibility index (Phi) is 4.91. The van der Waals surface area contributed by atoms with Crippen molar-refractivity contribution in [2.24, 2.45) is 0 Å². The molecule has 6 heteroatoms. The lowest BCUT2D eigenvalue weighted by Crippen LogP contribution is -1.98. The highest BCUT2D eigenvalue weighted by Gasteiger charge is 2.10. The van der Waals surface area contributed by atoms with Gasteiger partial charge in [0.2, 0.25) is 0 Å². The quantitative estimate of drug-likeness (QED) is 0.359. The van der Waals surface area contributed by atoms with Crippen molar-refractivity contribution in [3.63, 3.8) is 0 Å². The van der Waals surface area contributed by atoms with Gasteiger partial charge < -0.3 is 4.74 Å². The van der Waals surface area contributed by atoms with Crippen molar-refractivity contribution in [1.29, 1.82) is 0 Å². The summed E-state index contributed by atoms with van der Waals surface area (Å²) in [6.07, 6.45) is 2.76. The van der Waals surface area contributed by atoms with E-state index in [2.05, 4.69) is 0 Å². The van der Waals surface area contributed by atoms with Gasteiger partial charge in [-0.2, -0.15) is 0 Å². The molecule has 2 aromatic rings. The second-order valence-electron chi connectivity index (χ2n) is 4.36. The first-order valence-corrected chi connectivity index (χ1v) is 6.70. The van der Waals surface area contributed by atoms with Crippen molar-refractivity contribution in [1.82, 2.24) is 0 Å². The number of para-hydroxylation sites is 1. The molecule has 0 amide bonds. The molecule has 0 spiro atoms. The third-order valence-corrected chi connectivity index (χ3v) is 3.32. The predicted octanol–water partition coefficient (Wildman–Crippen LogP) is 4.15. The first-order chi connectivity index (χ1) is 10.5. The molecule has 0 aliphatic rings. The van der Waals surface area contributed by atoms with Gasteiger partial charge in [0.25, 0.3) is 5.69 Å². The van der Waals surface area contributed by atoms with Crippen LogP contribution in [0.2, 0.25) is 5.02 Å². The van der Waals surface area contributed by atoms with Crippen LogP contribution in [0.5, 0.6) is 5.75 Å². The van der Waals surface area contributed by atoms with E-state index in [-0.39, 0.29) is 11.5 Å². The minimum Gasteiger partial charge on any atom is -0.496 e. The molecule has 0 aromatic heterocycles. The molecule has 22 heavy (non-hydrogen) atoms. The number of allylic oxidation sites excluding steroid dienone is 1. The lowest BCUT2D eigenvalue weighted by molar-refractivity contribution is -0.384. The number of methoxy groups -OCH3 is 1. The summed E-state index contributed by atoms with van der Waals surface area (Å²) in [5.41, 5.74) is 0.718. The molecule has 112 valence electrons. The topological polar surface area (TPSA) is 69.4 Å². The fourth-order valence-corrected chi connectivity index (χ4v) is 2.06. The van der Waals surface area contributed by atoms with E-state index in [4.69, 9.17) is 16.3 Å². The molecule has 0 aliphatic heterocycles. The standard InChI is InChI=1S/C16H12ClNO4/c1-22-16-5-3-2-4-13(16)15(19)9-6-11-10-12(18(20)21)7-8-14(11)17/h2-10H,1H3/b9-6+. The number of halogens is 1. The largest absolute Gasteiger partial charge is 0.496 e. The summed E-state index contributed by atoms with van der Waals surface area (Å²) in [4.78, 5) is 22.4. The zero-order chi connectivity index (χ0) is 16.1. The van der Waals surface area contributed by atoms with Gasteiger partial charge in [0.1, 0.15) is 5.75 Å².